The molecule has 0 aliphatic carbocycles. The minimum atomic E-state index is -1.11. The van der Waals surface area contributed by atoms with E-state index in [0.717, 1.165) is 0 Å². The van der Waals surface area contributed by atoms with Gasteiger partial charge in [-0.2, -0.15) is 5.10 Å². The van der Waals surface area contributed by atoms with E-state index < -0.39 is 17.8 Å². The molecule has 0 fully saturated rings. The molecule has 1 aromatic carbocycles. The fourth-order valence-electron chi connectivity index (χ4n) is 1.94. The molecule has 0 bridgehead atoms. The first-order valence-corrected chi connectivity index (χ1v) is 7.65. The minimum absolute atomic E-state index is 0.0393. The fourth-order valence-corrected chi connectivity index (χ4v) is 1.94. The third kappa shape index (κ3) is 5.20. The van der Waals surface area contributed by atoms with Crippen LogP contribution in [0.2, 0.25) is 0 Å². The molecule has 0 aliphatic rings. The number of carbonyl (C=O) groups is 3. The van der Waals surface area contributed by atoms with E-state index in [2.05, 4.69) is 15.8 Å². The van der Waals surface area contributed by atoms with Crippen LogP contribution in [-0.2, 0) is 16.1 Å². The van der Waals surface area contributed by atoms with E-state index in [1.54, 1.807) is 19.1 Å². The first-order valence-electron chi connectivity index (χ1n) is 7.65. The number of nitrogens with one attached hydrogen (secondary N) is 2. The molecule has 0 atom stereocenters. The van der Waals surface area contributed by atoms with Crippen LogP contribution in [-0.4, -0.2) is 35.7 Å². The lowest BCUT2D eigenvalue weighted by molar-refractivity contribution is -0.139. The van der Waals surface area contributed by atoms with Gasteiger partial charge in [-0.15, -0.1) is 0 Å². The summed E-state index contributed by atoms with van der Waals surface area (Å²) in [4.78, 5) is 34.4. The maximum atomic E-state index is 11.7. The van der Waals surface area contributed by atoms with Gasteiger partial charge in [-0.05, 0) is 37.3 Å². The van der Waals surface area contributed by atoms with Gasteiger partial charge in [0.25, 0.3) is 0 Å². The van der Waals surface area contributed by atoms with Crippen LogP contribution in [0.4, 0.5) is 0 Å². The molecule has 136 valence electrons. The van der Waals surface area contributed by atoms with Crippen LogP contribution in [0.1, 0.15) is 28.6 Å². The average molecular weight is 359 g/mol. The molecule has 0 saturated heterocycles. The van der Waals surface area contributed by atoms with Crippen molar-refractivity contribution >= 4 is 24.0 Å². The van der Waals surface area contributed by atoms with Crippen molar-refractivity contribution in [2.24, 2.45) is 5.10 Å². The fraction of sp³-hybridized carbons (Fsp3) is 0.176. The first-order chi connectivity index (χ1) is 12.5. The summed E-state index contributed by atoms with van der Waals surface area (Å²) in [5, 5.41) is 15.1. The summed E-state index contributed by atoms with van der Waals surface area (Å²) >= 11 is 0. The number of hydrazone groups is 1. The Labute approximate surface area is 148 Å². The molecule has 0 unspecified atom stereocenters. The summed E-state index contributed by atoms with van der Waals surface area (Å²) in [6.45, 7) is 2.21. The second kappa shape index (κ2) is 9.02. The summed E-state index contributed by atoms with van der Waals surface area (Å²) in [6, 6.07) is 7.55. The molecule has 0 spiro atoms. The third-order valence-electron chi connectivity index (χ3n) is 3.14. The van der Waals surface area contributed by atoms with Crippen LogP contribution in [0, 0.1) is 0 Å². The molecular weight excluding hydrogens is 342 g/mol. The zero-order valence-electron chi connectivity index (χ0n) is 13.9. The van der Waals surface area contributed by atoms with Crippen LogP contribution in [0.5, 0.6) is 5.75 Å². The number of ether oxygens (including phenoxy) is 1. The standard InChI is InChI=1S/C17H17N3O6/c1-2-25-14-6-5-11(17(23)24)8-12(14)9-19-20-16(22)15(21)18-10-13-4-3-7-26-13/h3-9H,2,10H2,1H3,(H,18,21)(H,20,22)(H,23,24)/b19-9-. The molecule has 0 saturated carbocycles. The highest BCUT2D eigenvalue weighted by Gasteiger charge is 2.13. The van der Waals surface area contributed by atoms with Crippen molar-refractivity contribution < 1.29 is 28.6 Å². The van der Waals surface area contributed by atoms with Gasteiger partial charge in [0, 0.05) is 5.56 Å². The van der Waals surface area contributed by atoms with E-state index in [-0.39, 0.29) is 12.1 Å². The molecule has 2 aromatic rings. The highest BCUT2D eigenvalue weighted by Crippen LogP contribution is 2.18. The number of rotatable bonds is 7. The van der Waals surface area contributed by atoms with Gasteiger partial charge < -0.3 is 19.6 Å². The maximum Gasteiger partial charge on any atom is 0.335 e. The highest BCUT2D eigenvalue weighted by atomic mass is 16.5. The average Bonchev–Trinajstić information content (AvgIpc) is 3.14. The summed E-state index contributed by atoms with van der Waals surface area (Å²) in [6.07, 6.45) is 2.65. The number of benzene rings is 1. The van der Waals surface area contributed by atoms with Crippen molar-refractivity contribution in [1.82, 2.24) is 10.7 Å². The van der Waals surface area contributed by atoms with Crippen molar-refractivity contribution in [1.29, 1.82) is 0 Å². The molecule has 2 amide bonds. The van der Waals surface area contributed by atoms with Crippen LogP contribution < -0.4 is 15.5 Å². The first kappa shape index (κ1) is 18.7. The second-order valence-electron chi connectivity index (χ2n) is 4.95. The molecule has 2 rings (SSSR count). The van der Waals surface area contributed by atoms with Crippen molar-refractivity contribution in [3.05, 3.63) is 53.5 Å². The van der Waals surface area contributed by atoms with Crippen LogP contribution in [0.15, 0.2) is 46.1 Å². The Hall–Kier alpha value is -3.62. The summed E-state index contributed by atoms with van der Waals surface area (Å²) in [5.74, 6) is -2.06. The Bertz CT molecular complexity index is 814. The Morgan fingerprint density at radius 1 is 1.27 bits per heavy atom. The highest BCUT2D eigenvalue weighted by molar-refractivity contribution is 6.35. The molecule has 0 radical (unpaired) electrons. The van der Waals surface area contributed by atoms with Gasteiger partial charge in [0.2, 0.25) is 0 Å². The molecule has 0 aliphatic heterocycles. The predicted octanol–water partition coefficient (Wildman–Crippen LogP) is 1.14. The zero-order valence-corrected chi connectivity index (χ0v) is 13.9. The van der Waals surface area contributed by atoms with Gasteiger partial charge in [-0.25, -0.2) is 10.2 Å². The van der Waals surface area contributed by atoms with E-state index in [9.17, 15) is 14.4 Å². The quantitative estimate of drug-likeness (QED) is 0.386. The smallest absolute Gasteiger partial charge is 0.335 e. The Morgan fingerprint density at radius 3 is 2.73 bits per heavy atom. The predicted molar refractivity (Wildman–Crippen MR) is 90.9 cm³/mol. The minimum Gasteiger partial charge on any atom is -0.493 e. The van der Waals surface area contributed by atoms with Crippen LogP contribution >= 0.6 is 0 Å². The lowest BCUT2D eigenvalue weighted by atomic mass is 10.1. The van der Waals surface area contributed by atoms with Gasteiger partial charge in [0.15, 0.2) is 0 Å². The second-order valence-corrected chi connectivity index (χ2v) is 4.95. The Balaban J connectivity index is 1.97. The number of aromatic carboxylic acids is 1. The van der Waals surface area contributed by atoms with Gasteiger partial charge in [-0.1, -0.05) is 0 Å². The Kier molecular flexibility index (Phi) is 6.49. The number of furan rings is 1. The topological polar surface area (TPSA) is 130 Å². The van der Waals surface area contributed by atoms with Gasteiger partial charge in [-0.3, -0.25) is 9.59 Å². The lowest BCUT2D eigenvalue weighted by Gasteiger charge is -2.07. The van der Waals surface area contributed by atoms with Crippen LogP contribution in [0.25, 0.3) is 0 Å². The number of carboxylic acids is 1. The van der Waals surface area contributed by atoms with E-state index in [1.165, 1.54) is 30.7 Å². The SMILES string of the molecule is CCOc1ccc(C(=O)O)cc1/C=N\NC(=O)C(=O)NCc1ccco1. The molecule has 1 heterocycles. The number of amides is 2. The van der Waals surface area contributed by atoms with Crippen molar-refractivity contribution in [2.75, 3.05) is 6.61 Å². The number of nitrogens with zero attached hydrogens (tertiary/aromatic N) is 1. The van der Waals surface area contributed by atoms with Crippen molar-refractivity contribution in [3.63, 3.8) is 0 Å². The molecule has 9 nitrogen and oxygen atoms in total. The summed E-state index contributed by atoms with van der Waals surface area (Å²) in [5.41, 5.74) is 2.45. The number of hydrogen-bond donors (Lipinski definition) is 3. The van der Waals surface area contributed by atoms with Gasteiger partial charge in [0.05, 0.1) is 31.2 Å². The Morgan fingerprint density at radius 2 is 2.08 bits per heavy atom. The van der Waals surface area contributed by atoms with Gasteiger partial charge >= 0.3 is 17.8 Å². The van der Waals surface area contributed by atoms with Gasteiger partial charge in [0.1, 0.15) is 11.5 Å². The van der Waals surface area contributed by atoms with Crippen molar-refractivity contribution in [3.8, 4) is 5.75 Å². The third-order valence-corrected chi connectivity index (χ3v) is 3.14. The van der Waals surface area contributed by atoms with E-state index in [1.807, 2.05) is 0 Å². The molecule has 1 aromatic heterocycles. The van der Waals surface area contributed by atoms with Crippen molar-refractivity contribution in [2.45, 2.75) is 13.5 Å². The largest absolute Gasteiger partial charge is 0.493 e. The molecule has 9 heteroatoms. The van der Waals surface area contributed by atoms with E-state index in [0.29, 0.717) is 23.7 Å². The van der Waals surface area contributed by atoms with E-state index in [4.69, 9.17) is 14.3 Å². The van der Waals surface area contributed by atoms with E-state index >= 15 is 0 Å². The number of hydrogen-bond acceptors (Lipinski definition) is 6. The monoisotopic (exact) mass is 359 g/mol. The summed E-state index contributed by atoms with van der Waals surface area (Å²) < 4.78 is 10.4. The molecular formula is C17H17N3O6. The zero-order chi connectivity index (χ0) is 18.9. The normalized spacial score (nSPS) is 10.5. The lowest BCUT2D eigenvalue weighted by Crippen LogP contribution is -2.37. The number of carboxylic acid groups (broad SMARTS) is 1. The summed E-state index contributed by atoms with van der Waals surface area (Å²) in [7, 11) is 0. The number of carbonyl (C=O) groups excluding carboxylic acids is 2. The molecule has 26 heavy (non-hydrogen) atoms. The molecule has 3 N–H and O–H groups in total. The van der Waals surface area contributed by atoms with Crippen LogP contribution in [0.3, 0.4) is 0 Å². The maximum absolute atomic E-state index is 11.7.